The summed E-state index contributed by atoms with van der Waals surface area (Å²) in [5, 5.41) is 5.29. The third-order valence-corrected chi connectivity index (χ3v) is 4.77. The Kier molecular flexibility index (Phi) is 6.08. The van der Waals surface area contributed by atoms with E-state index < -0.39 is 11.8 Å². The second kappa shape index (κ2) is 8.68. The average molecular weight is 366 g/mol. The number of likely N-dealkylation sites (N-methyl/N-ethyl adjacent to an activating group) is 1. The van der Waals surface area contributed by atoms with Crippen molar-refractivity contribution in [3.63, 3.8) is 0 Å². The SMILES string of the molecule is Cc1ccc(CNC(=O)C(=O)Nc2ccc(N3CCN(C)CC3)cc2)cc1. The van der Waals surface area contributed by atoms with Gasteiger partial charge in [0, 0.05) is 44.1 Å². The third kappa shape index (κ3) is 5.31. The van der Waals surface area contributed by atoms with Crippen molar-refractivity contribution in [1.82, 2.24) is 10.2 Å². The fourth-order valence-electron chi connectivity index (χ4n) is 2.98. The van der Waals surface area contributed by atoms with Crippen LogP contribution >= 0.6 is 0 Å². The van der Waals surface area contributed by atoms with E-state index in [4.69, 9.17) is 0 Å². The summed E-state index contributed by atoms with van der Waals surface area (Å²) < 4.78 is 0. The Morgan fingerprint density at radius 1 is 0.889 bits per heavy atom. The molecular weight excluding hydrogens is 340 g/mol. The second-order valence-corrected chi connectivity index (χ2v) is 6.96. The Labute approximate surface area is 160 Å². The van der Waals surface area contributed by atoms with Crippen LogP contribution in [0.2, 0.25) is 0 Å². The van der Waals surface area contributed by atoms with Gasteiger partial charge in [0.25, 0.3) is 0 Å². The minimum absolute atomic E-state index is 0.328. The molecule has 1 aliphatic heterocycles. The molecule has 6 heteroatoms. The maximum absolute atomic E-state index is 12.1. The molecule has 0 atom stereocenters. The fourth-order valence-corrected chi connectivity index (χ4v) is 2.98. The number of carbonyl (C=O) groups is 2. The first-order valence-corrected chi connectivity index (χ1v) is 9.19. The van der Waals surface area contributed by atoms with Crippen LogP contribution in [-0.2, 0) is 16.1 Å². The van der Waals surface area contributed by atoms with E-state index in [-0.39, 0.29) is 0 Å². The number of piperazine rings is 1. The minimum Gasteiger partial charge on any atom is -0.369 e. The van der Waals surface area contributed by atoms with E-state index in [1.165, 1.54) is 0 Å². The lowest BCUT2D eigenvalue weighted by Gasteiger charge is -2.34. The van der Waals surface area contributed by atoms with Crippen molar-refractivity contribution in [2.75, 3.05) is 43.4 Å². The zero-order chi connectivity index (χ0) is 19.2. The maximum atomic E-state index is 12.1. The van der Waals surface area contributed by atoms with Crippen molar-refractivity contribution in [2.24, 2.45) is 0 Å². The molecule has 3 rings (SSSR count). The number of nitrogens with zero attached hydrogens (tertiary/aromatic N) is 2. The quantitative estimate of drug-likeness (QED) is 0.813. The number of aryl methyl sites for hydroxylation is 1. The van der Waals surface area contributed by atoms with Gasteiger partial charge in [-0.25, -0.2) is 0 Å². The van der Waals surface area contributed by atoms with Gasteiger partial charge in [0.15, 0.2) is 0 Å². The van der Waals surface area contributed by atoms with Gasteiger partial charge in [0.05, 0.1) is 0 Å². The summed E-state index contributed by atoms with van der Waals surface area (Å²) in [6.45, 7) is 6.40. The van der Waals surface area contributed by atoms with Gasteiger partial charge in [-0.3, -0.25) is 9.59 Å². The van der Waals surface area contributed by atoms with E-state index >= 15 is 0 Å². The van der Waals surface area contributed by atoms with Crippen molar-refractivity contribution >= 4 is 23.2 Å². The van der Waals surface area contributed by atoms with Crippen LogP contribution in [0.4, 0.5) is 11.4 Å². The molecule has 1 saturated heterocycles. The van der Waals surface area contributed by atoms with E-state index in [9.17, 15) is 9.59 Å². The normalized spacial score (nSPS) is 14.7. The van der Waals surface area contributed by atoms with E-state index in [2.05, 4.69) is 27.5 Å². The Hall–Kier alpha value is -2.86. The van der Waals surface area contributed by atoms with Gasteiger partial charge >= 0.3 is 11.8 Å². The zero-order valence-electron chi connectivity index (χ0n) is 15.9. The van der Waals surface area contributed by atoms with E-state index in [1.54, 1.807) is 0 Å². The average Bonchev–Trinajstić information content (AvgIpc) is 2.68. The zero-order valence-corrected chi connectivity index (χ0v) is 15.9. The van der Waals surface area contributed by atoms with E-state index in [0.29, 0.717) is 12.2 Å². The molecule has 1 heterocycles. The first-order chi connectivity index (χ1) is 13.0. The van der Waals surface area contributed by atoms with Crippen LogP contribution in [0.3, 0.4) is 0 Å². The summed E-state index contributed by atoms with van der Waals surface area (Å²) in [7, 11) is 2.12. The Bertz CT molecular complexity index is 779. The highest BCUT2D eigenvalue weighted by molar-refractivity contribution is 6.39. The van der Waals surface area contributed by atoms with Crippen LogP contribution in [0.1, 0.15) is 11.1 Å². The second-order valence-electron chi connectivity index (χ2n) is 6.96. The highest BCUT2D eigenvalue weighted by atomic mass is 16.2. The van der Waals surface area contributed by atoms with E-state index in [1.807, 2.05) is 55.5 Å². The molecule has 2 aromatic rings. The lowest BCUT2D eigenvalue weighted by atomic mass is 10.1. The Morgan fingerprint density at radius 3 is 2.15 bits per heavy atom. The number of hydrogen-bond acceptors (Lipinski definition) is 4. The Morgan fingerprint density at radius 2 is 1.52 bits per heavy atom. The number of rotatable bonds is 4. The number of hydrogen-bond donors (Lipinski definition) is 2. The maximum Gasteiger partial charge on any atom is 0.313 e. The molecule has 1 aliphatic rings. The predicted octanol–water partition coefficient (Wildman–Crippen LogP) is 2.00. The first kappa shape index (κ1) is 18.9. The van der Waals surface area contributed by atoms with Crippen LogP contribution < -0.4 is 15.5 Å². The van der Waals surface area contributed by atoms with Gasteiger partial charge in [-0.1, -0.05) is 29.8 Å². The number of carbonyl (C=O) groups excluding carboxylic acids is 2. The number of anilines is 2. The van der Waals surface area contributed by atoms with E-state index in [0.717, 1.165) is 43.0 Å². The molecule has 0 aromatic heterocycles. The summed E-state index contributed by atoms with van der Waals surface area (Å²) in [4.78, 5) is 28.7. The standard InChI is InChI=1S/C21H26N4O2/c1-16-3-5-17(6-4-16)15-22-20(26)21(27)23-18-7-9-19(10-8-18)25-13-11-24(2)12-14-25/h3-10H,11-15H2,1-2H3,(H,22,26)(H,23,27). The molecular formula is C21H26N4O2. The van der Waals surface area contributed by atoms with Gasteiger partial charge in [-0.15, -0.1) is 0 Å². The predicted molar refractivity (Wildman–Crippen MR) is 108 cm³/mol. The highest BCUT2D eigenvalue weighted by Gasteiger charge is 2.16. The van der Waals surface area contributed by atoms with Gasteiger partial charge in [-0.05, 0) is 43.8 Å². The third-order valence-electron chi connectivity index (χ3n) is 4.77. The lowest BCUT2D eigenvalue weighted by Crippen LogP contribution is -2.44. The molecule has 0 spiro atoms. The molecule has 6 nitrogen and oxygen atoms in total. The fraction of sp³-hybridized carbons (Fsp3) is 0.333. The summed E-state index contributed by atoms with van der Waals surface area (Å²) in [5.74, 6) is -1.30. The molecule has 0 unspecified atom stereocenters. The molecule has 142 valence electrons. The monoisotopic (exact) mass is 366 g/mol. The van der Waals surface area contributed by atoms with Gasteiger partial charge in [0.2, 0.25) is 0 Å². The highest BCUT2D eigenvalue weighted by Crippen LogP contribution is 2.19. The van der Waals surface area contributed by atoms with Crippen LogP contribution in [0.15, 0.2) is 48.5 Å². The lowest BCUT2D eigenvalue weighted by molar-refractivity contribution is -0.136. The van der Waals surface area contributed by atoms with Crippen molar-refractivity contribution < 1.29 is 9.59 Å². The molecule has 0 bridgehead atoms. The van der Waals surface area contributed by atoms with Crippen molar-refractivity contribution in [3.05, 3.63) is 59.7 Å². The summed E-state index contributed by atoms with van der Waals surface area (Å²) in [6.07, 6.45) is 0. The van der Waals surface area contributed by atoms with Crippen molar-refractivity contribution in [3.8, 4) is 0 Å². The molecule has 0 radical (unpaired) electrons. The molecule has 2 N–H and O–H groups in total. The number of nitrogens with one attached hydrogen (secondary N) is 2. The summed E-state index contributed by atoms with van der Waals surface area (Å²) >= 11 is 0. The van der Waals surface area contributed by atoms with Crippen molar-refractivity contribution in [1.29, 1.82) is 0 Å². The van der Waals surface area contributed by atoms with Gasteiger partial charge in [-0.2, -0.15) is 0 Å². The van der Waals surface area contributed by atoms with Crippen LogP contribution in [0.5, 0.6) is 0 Å². The molecule has 0 saturated carbocycles. The number of benzene rings is 2. The largest absolute Gasteiger partial charge is 0.369 e. The van der Waals surface area contributed by atoms with Crippen LogP contribution in [0.25, 0.3) is 0 Å². The van der Waals surface area contributed by atoms with Crippen LogP contribution in [-0.4, -0.2) is 49.9 Å². The molecule has 27 heavy (non-hydrogen) atoms. The van der Waals surface area contributed by atoms with Gasteiger partial charge in [0.1, 0.15) is 0 Å². The minimum atomic E-state index is -0.658. The topological polar surface area (TPSA) is 64.7 Å². The molecule has 2 amide bonds. The summed E-state index contributed by atoms with van der Waals surface area (Å²) in [5.41, 5.74) is 3.86. The Balaban J connectivity index is 1.49. The van der Waals surface area contributed by atoms with Crippen LogP contribution in [0, 0.1) is 6.92 Å². The molecule has 2 aromatic carbocycles. The smallest absolute Gasteiger partial charge is 0.313 e. The first-order valence-electron chi connectivity index (χ1n) is 9.19. The van der Waals surface area contributed by atoms with Gasteiger partial charge < -0.3 is 20.4 Å². The summed E-state index contributed by atoms with van der Waals surface area (Å²) in [6, 6.07) is 15.4. The molecule has 1 fully saturated rings. The number of amides is 2. The molecule has 0 aliphatic carbocycles. The van der Waals surface area contributed by atoms with Crippen molar-refractivity contribution in [2.45, 2.75) is 13.5 Å².